The van der Waals surface area contributed by atoms with Crippen molar-refractivity contribution in [3.63, 3.8) is 0 Å². The summed E-state index contributed by atoms with van der Waals surface area (Å²) in [4.78, 5) is 17.3. The molecule has 0 radical (unpaired) electrons. The molecule has 0 aliphatic carbocycles. The summed E-state index contributed by atoms with van der Waals surface area (Å²) in [6.45, 7) is 6.93. The van der Waals surface area contributed by atoms with Gasteiger partial charge >= 0.3 is 0 Å². The Hall–Kier alpha value is -2.76. The van der Waals surface area contributed by atoms with Crippen molar-refractivity contribution in [2.75, 3.05) is 0 Å². The van der Waals surface area contributed by atoms with E-state index >= 15 is 0 Å². The van der Waals surface area contributed by atoms with Gasteiger partial charge in [-0.3, -0.25) is 9.78 Å². The van der Waals surface area contributed by atoms with E-state index in [4.69, 9.17) is 0 Å². The van der Waals surface area contributed by atoms with Gasteiger partial charge in [0, 0.05) is 24.0 Å². The highest BCUT2D eigenvalue weighted by Crippen LogP contribution is 2.23. The van der Waals surface area contributed by atoms with E-state index in [1.807, 2.05) is 32.0 Å². The van der Waals surface area contributed by atoms with E-state index in [0.717, 1.165) is 58.8 Å². The minimum atomic E-state index is -0.157. The molecule has 1 aliphatic heterocycles. The number of carbonyl (C=O) groups excluding carboxylic acids is 1. The Balaban J connectivity index is 1.54. The van der Waals surface area contributed by atoms with Crippen LogP contribution in [0.5, 0.6) is 0 Å². The third-order valence-corrected chi connectivity index (χ3v) is 5.23. The monoisotopic (exact) mass is 349 g/mol. The van der Waals surface area contributed by atoms with E-state index in [1.165, 1.54) is 0 Å². The van der Waals surface area contributed by atoms with Crippen molar-refractivity contribution in [2.45, 2.75) is 52.6 Å². The van der Waals surface area contributed by atoms with Crippen LogP contribution >= 0.6 is 0 Å². The summed E-state index contributed by atoms with van der Waals surface area (Å²) in [6, 6.07) is 7.90. The molecule has 1 atom stereocenters. The first-order valence-corrected chi connectivity index (χ1v) is 9.10. The van der Waals surface area contributed by atoms with E-state index in [-0.39, 0.29) is 11.9 Å². The zero-order valence-electron chi connectivity index (χ0n) is 15.4. The molecule has 0 fully saturated rings. The molecular formula is C20H23N5O. The van der Waals surface area contributed by atoms with Crippen molar-refractivity contribution in [2.24, 2.45) is 0 Å². The molecule has 1 aromatic carbocycles. The number of nitrogens with one attached hydrogen (secondary N) is 1. The number of hydrogen-bond acceptors (Lipinski definition) is 4. The standard InChI is InChI=1S/C20H23N5O/c1-12-15-7-4-5-8-17(15)21-13(2)16(12)11-19(26)22-14(3)20-24-23-18-9-6-10-25(18)20/h4-5,7-8,14H,6,9-11H2,1-3H3,(H,22,26)/t14-/m1/s1. The molecule has 6 heteroatoms. The van der Waals surface area contributed by atoms with Gasteiger partial charge in [0.25, 0.3) is 0 Å². The third kappa shape index (κ3) is 2.85. The highest BCUT2D eigenvalue weighted by atomic mass is 16.1. The summed E-state index contributed by atoms with van der Waals surface area (Å²) in [7, 11) is 0. The van der Waals surface area contributed by atoms with Crippen molar-refractivity contribution < 1.29 is 4.79 Å². The number of carbonyl (C=O) groups is 1. The van der Waals surface area contributed by atoms with Crippen LogP contribution in [0.4, 0.5) is 0 Å². The van der Waals surface area contributed by atoms with Crippen LogP contribution < -0.4 is 5.32 Å². The van der Waals surface area contributed by atoms with Crippen molar-refractivity contribution in [3.05, 3.63) is 52.7 Å². The third-order valence-electron chi connectivity index (χ3n) is 5.23. The molecule has 3 heterocycles. The van der Waals surface area contributed by atoms with Crippen molar-refractivity contribution in [1.82, 2.24) is 25.1 Å². The van der Waals surface area contributed by atoms with Crippen LogP contribution in [0, 0.1) is 13.8 Å². The van der Waals surface area contributed by atoms with Crippen LogP contribution in [0.15, 0.2) is 24.3 Å². The number of amides is 1. The number of hydrogen-bond donors (Lipinski definition) is 1. The fraction of sp³-hybridized carbons (Fsp3) is 0.400. The number of fused-ring (bicyclic) bond motifs is 2. The number of benzene rings is 1. The highest BCUT2D eigenvalue weighted by Gasteiger charge is 2.23. The van der Waals surface area contributed by atoms with Gasteiger partial charge in [0.1, 0.15) is 5.82 Å². The van der Waals surface area contributed by atoms with Crippen LogP contribution in [0.25, 0.3) is 10.9 Å². The Morgan fingerprint density at radius 2 is 2.08 bits per heavy atom. The molecule has 0 saturated carbocycles. The first-order valence-electron chi connectivity index (χ1n) is 9.10. The average molecular weight is 349 g/mol. The molecule has 0 unspecified atom stereocenters. The zero-order chi connectivity index (χ0) is 18.3. The molecule has 4 rings (SSSR count). The second-order valence-electron chi connectivity index (χ2n) is 7.01. The van der Waals surface area contributed by atoms with Gasteiger partial charge in [0.15, 0.2) is 5.82 Å². The number of rotatable bonds is 4. The quantitative estimate of drug-likeness (QED) is 0.786. The maximum atomic E-state index is 12.7. The average Bonchev–Trinajstić information content (AvgIpc) is 3.22. The summed E-state index contributed by atoms with van der Waals surface area (Å²) >= 11 is 0. The molecule has 26 heavy (non-hydrogen) atoms. The fourth-order valence-electron chi connectivity index (χ4n) is 3.84. The van der Waals surface area contributed by atoms with Gasteiger partial charge in [-0.05, 0) is 44.4 Å². The summed E-state index contributed by atoms with van der Waals surface area (Å²) in [5, 5.41) is 12.7. The van der Waals surface area contributed by atoms with Crippen molar-refractivity contribution in [3.8, 4) is 0 Å². The lowest BCUT2D eigenvalue weighted by molar-refractivity contribution is -0.121. The Labute approximate surface area is 152 Å². The van der Waals surface area contributed by atoms with E-state index in [1.54, 1.807) is 0 Å². The SMILES string of the molecule is Cc1nc2ccccc2c(C)c1CC(=O)N[C@H](C)c1nnc2n1CCC2. The van der Waals surface area contributed by atoms with E-state index in [2.05, 4.69) is 38.1 Å². The number of aryl methyl sites for hydroxylation is 3. The van der Waals surface area contributed by atoms with Crippen LogP contribution in [0.2, 0.25) is 0 Å². The second-order valence-corrected chi connectivity index (χ2v) is 7.01. The molecule has 1 aliphatic rings. The minimum absolute atomic E-state index is 0.0175. The number of para-hydroxylation sites is 1. The van der Waals surface area contributed by atoms with Gasteiger partial charge in [-0.2, -0.15) is 0 Å². The molecular weight excluding hydrogens is 326 g/mol. The van der Waals surface area contributed by atoms with Gasteiger partial charge in [-0.25, -0.2) is 0 Å². The smallest absolute Gasteiger partial charge is 0.225 e. The first-order chi connectivity index (χ1) is 12.5. The fourth-order valence-corrected chi connectivity index (χ4v) is 3.84. The maximum absolute atomic E-state index is 12.7. The van der Waals surface area contributed by atoms with E-state index < -0.39 is 0 Å². The molecule has 1 amide bonds. The van der Waals surface area contributed by atoms with Gasteiger partial charge in [0.2, 0.25) is 5.91 Å². The van der Waals surface area contributed by atoms with Gasteiger partial charge < -0.3 is 9.88 Å². The Bertz CT molecular complexity index is 991. The van der Waals surface area contributed by atoms with Gasteiger partial charge in [-0.15, -0.1) is 10.2 Å². The van der Waals surface area contributed by atoms with Crippen LogP contribution in [-0.2, 0) is 24.2 Å². The van der Waals surface area contributed by atoms with Crippen molar-refractivity contribution in [1.29, 1.82) is 0 Å². The summed E-state index contributed by atoms with van der Waals surface area (Å²) in [6.07, 6.45) is 2.38. The molecule has 6 nitrogen and oxygen atoms in total. The zero-order valence-corrected chi connectivity index (χ0v) is 15.4. The maximum Gasteiger partial charge on any atom is 0.225 e. The summed E-state index contributed by atoms with van der Waals surface area (Å²) in [5.74, 6) is 1.85. The lowest BCUT2D eigenvalue weighted by Crippen LogP contribution is -2.30. The molecule has 0 saturated heterocycles. The molecule has 134 valence electrons. The topological polar surface area (TPSA) is 72.7 Å². The van der Waals surface area contributed by atoms with E-state index in [0.29, 0.717) is 6.42 Å². The van der Waals surface area contributed by atoms with Crippen molar-refractivity contribution >= 4 is 16.8 Å². The second kappa shape index (κ2) is 6.52. The molecule has 0 bridgehead atoms. The normalized spacial score (nSPS) is 14.4. The molecule has 3 aromatic rings. The van der Waals surface area contributed by atoms with Crippen LogP contribution in [0.3, 0.4) is 0 Å². The summed E-state index contributed by atoms with van der Waals surface area (Å²) < 4.78 is 2.12. The van der Waals surface area contributed by atoms with Gasteiger partial charge in [-0.1, -0.05) is 18.2 Å². The molecule has 1 N–H and O–H groups in total. The van der Waals surface area contributed by atoms with E-state index in [9.17, 15) is 4.79 Å². The highest BCUT2D eigenvalue weighted by molar-refractivity contribution is 5.86. The molecule has 2 aromatic heterocycles. The van der Waals surface area contributed by atoms with Gasteiger partial charge in [0.05, 0.1) is 18.0 Å². The lowest BCUT2D eigenvalue weighted by Gasteiger charge is -2.16. The largest absolute Gasteiger partial charge is 0.346 e. The Morgan fingerprint density at radius 1 is 1.27 bits per heavy atom. The molecule has 0 spiro atoms. The summed E-state index contributed by atoms with van der Waals surface area (Å²) in [5.41, 5.74) is 4.01. The Kier molecular flexibility index (Phi) is 4.18. The van der Waals surface area contributed by atoms with Crippen LogP contribution in [0.1, 0.15) is 47.9 Å². The number of nitrogens with zero attached hydrogens (tertiary/aromatic N) is 4. The predicted octanol–water partition coefficient (Wildman–Crippen LogP) is 2.81. The first kappa shape index (κ1) is 16.7. The predicted molar refractivity (Wildman–Crippen MR) is 99.8 cm³/mol. The van der Waals surface area contributed by atoms with Crippen LogP contribution in [-0.4, -0.2) is 25.7 Å². The lowest BCUT2D eigenvalue weighted by atomic mass is 9.99. The number of pyridine rings is 1. The minimum Gasteiger partial charge on any atom is -0.346 e. The Morgan fingerprint density at radius 3 is 2.92 bits per heavy atom. The number of aromatic nitrogens is 4.